The molecule has 1 aromatic carbocycles. The molecule has 0 spiro atoms. The molecule has 2 aromatic rings. The van der Waals surface area contributed by atoms with Gasteiger partial charge in [-0.25, -0.2) is 0 Å². The molecule has 1 aliphatic heterocycles. The maximum atomic E-state index is 12.1. The summed E-state index contributed by atoms with van der Waals surface area (Å²) in [4.78, 5) is 16.1. The van der Waals surface area contributed by atoms with Gasteiger partial charge in [0.2, 0.25) is 5.89 Å². The van der Waals surface area contributed by atoms with Crippen molar-refractivity contribution in [3.8, 4) is 11.5 Å². The van der Waals surface area contributed by atoms with E-state index in [0.29, 0.717) is 24.0 Å². The van der Waals surface area contributed by atoms with Gasteiger partial charge in [0.05, 0.1) is 25.9 Å². The van der Waals surface area contributed by atoms with Crippen molar-refractivity contribution in [1.82, 2.24) is 15.5 Å². The zero-order valence-corrected chi connectivity index (χ0v) is 12.3. The Hall–Kier alpha value is -2.77. The number of benzene rings is 1. The summed E-state index contributed by atoms with van der Waals surface area (Å²) in [6.07, 6.45) is -0.620. The number of carbonyl (C=O) groups is 1. The van der Waals surface area contributed by atoms with E-state index >= 15 is 0 Å². The molecular formula is C14H16N4O4. The van der Waals surface area contributed by atoms with E-state index < -0.39 is 6.10 Å². The van der Waals surface area contributed by atoms with Crippen LogP contribution in [0.1, 0.15) is 11.7 Å². The first-order chi connectivity index (χ1) is 10.7. The highest BCUT2D eigenvalue weighted by atomic mass is 16.5. The third kappa shape index (κ3) is 2.95. The lowest BCUT2D eigenvalue weighted by Gasteiger charge is -2.26. The average Bonchev–Trinajstić information content (AvgIpc) is 2.97. The van der Waals surface area contributed by atoms with Crippen LogP contribution in [0.15, 0.2) is 22.7 Å². The maximum Gasteiger partial charge on any atom is 0.263 e. The van der Waals surface area contributed by atoms with E-state index in [9.17, 15) is 4.79 Å². The predicted molar refractivity (Wildman–Crippen MR) is 76.8 cm³/mol. The van der Waals surface area contributed by atoms with Gasteiger partial charge in [-0.3, -0.25) is 4.79 Å². The number of hydrogen-bond acceptors (Lipinski definition) is 7. The second-order valence-corrected chi connectivity index (χ2v) is 4.80. The summed E-state index contributed by atoms with van der Waals surface area (Å²) in [5.74, 6) is 1.98. The van der Waals surface area contributed by atoms with Crippen LogP contribution in [0.25, 0.3) is 0 Å². The van der Waals surface area contributed by atoms with Gasteiger partial charge in [0, 0.05) is 6.07 Å². The molecule has 0 saturated heterocycles. The van der Waals surface area contributed by atoms with Gasteiger partial charge in [0.25, 0.3) is 5.91 Å². The van der Waals surface area contributed by atoms with Crippen molar-refractivity contribution in [2.75, 3.05) is 19.0 Å². The minimum absolute atomic E-state index is 0.176. The van der Waals surface area contributed by atoms with Crippen molar-refractivity contribution < 1.29 is 18.8 Å². The smallest absolute Gasteiger partial charge is 0.263 e. The molecule has 1 atom stereocenters. The number of aryl methyl sites for hydroxylation is 1. The topological polar surface area (TPSA) is 98.5 Å². The summed E-state index contributed by atoms with van der Waals surface area (Å²) in [7, 11) is 1.60. The molecule has 2 N–H and O–H groups in total. The Balaban J connectivity index is 1.60. The minimum atomic E-state index is -0.620. The van der Waals surface area contributed by atoms with Gasteiger partial charge < -0.3 is 24.6 Å². The first kappa shape index (κ1) is 14.2. The Kier molecular flexibility index (Phi) is 3.82. The van der Waals surface area contributed by atoms with Crippen LogP contribution < -0.4 is 20.1 Å². The second-order valence-electron chi connectivity index (χ2n) is 4.80. The van der Waals surface area contributed by atoms with E-state index in [4.69, 9.17) is 14.0 Å². The van der Waals surface area contributed by atoms with E-state index in [1.54, 1.807) is 26.2 Å². The highest BCUT2D eigenvalue weighted by molar-refractivity contribution is 5.83. The van der Waals surface area contributed by atoms with Crippen LogP contribution in [0.4, 0.5) is 5.69 Å². The Morgan fingerprint density at radius 2 is 2.41 bits per heavy atom. The molecule has 0 bridgehead atoms. The molecule has 0 radical (unpaired) electrons. The number of ether oxygens (including phenoxy) is 2. The fourth-order valence-corrected chi connectivity index (χ4v) is 2.11. The Morgan fingerprint density at radius 1 is 1.55 bits per heavy atom. The van der Waals surface area contributed by atoms with Gasteiger partial charge in [-0.1, -0.05) is 5.16 Å². The van der Waals surface area contributed by atoms with Crippen LogP contribution in [0.3, 0.4) is 0 Å². The van der Waals surface area contributed by atoms with Crippen molar-refractivity contribution in [1.29, 1.82) is 0 Å². The summed E-state index contributed by atoms with van der Waals surface area (Å²) in [5.41, 5.74) is 0.802. The molecule has 1 aromatic heterocycles. The quantitative estimate of drug-likeness (QED) is 0.865. The molecule has 8 heteroatoms. The largest absolute Gasteiger partial charge is 0.497 e. The molecule has 1 amide bonds. The molecule has 1 aliphatic rings. The van der Waals surface area contributed by atoms with E-state index in [2.05, 4.69) is 20.8 Å². The van der Waals surface area contributed by atoms with Crippen molar-refractivity contribution in [3.63, 3.8) is 0 Å². The number of amides is 1. The second kappa shape index (κ2) is 5.92. The van der Waals surface area contributed by atoms with Gasteiger partial charge in [0.15, 0.2) is 11.9 Å². The molecule has 0 fully saturated rings. The third-order valence-electron chi connectivity index (χ3n) is 3.21. The van der Waals surface area contributed by atoms with E-state index in [1.165, 1.54) is 0 Å². The van der Waals surface area contributed by atoms with Gasteiger partial charge in [-0.2, -0.15) is 4.98 Å². The van der Waals surface area contributed by atoms with Crippen LogP contribution in [0.5, 0.6) is 11.5 Å². The molecule has 116 valence electrons. The monoisotopic (exact) mass is 304 g/mol. The highest BCUT2D eigenvalue weighted by Gasteiger charge is 2.26. The molecule has 22 heavy (non-hydrogen) atoms. The number of aromatic nitrogens is 2. The molecule has 1 unspecified atom stereocenters. The molecular weight excluding hydrogens is 288 g/mol. The first-order valence-corrected chi connectivity index (χ1v) is 6.81. The zero-order valence-electron chi connectivity index (χ0n) is 12.3. The number of anilines is 1. The Bertz CT molecular complexity index is 685. The van der Waals surface area contributed by atoms with Crippen LogP contribution in [0, 0.1) is 6.92 Å². The predicted octanol–water partition coefficient (Wildman–Crippen LogP) is 0.876. The van der Waals surface area contributed by atoms with Gasteiger partial charge in [0.1, 0.15) is 11.5 Å². The van der Waals surface area contributed by atoms with Crippen molar-refractivity contribution in [2.45, 2.75) is 19.6 Å². The summed E-state index contributed by atoms with van der Waals surface area (Å²) >= 11 is 0. The molecule has 2 heterocycles. The summed E-state index contributed by atoms with van der Waals surface area (Å²) in [5, 5.41) is 9.52. The fraction of sp³-hybridized carbons (Fsp3) is 0.357. The maximum absolute atomic E-state index is 12.1. The van der Waals surface area contributed by atoms with Crippen LogP contribution in [0.2, 0.25) is 0 Å². The van der Waals surface area contributed by atoms with E-state index in [1.807, 2.05) is 6.07 Å². The molecule has 3 rings (SSSR count). The molecule has 8 nitrogen and oxygen atoms in total. The number of fused-ring (bicyclic) bond motifs is 1. The first-order valence-electron chi connectivity index (χ1n) is 6.81. The van der Waals surface area contributed by atoms with Crippen LogP contribution in [-0.4, -0.2) is 35.8 Å². The lowest BCUT2D eigenvalue weighted by atomic mass is 10.2. The Morgan fingerprint density at radius 3 is 3.14 bits per heavy atom. The minimum Gasteiger partial charge on any atom is -0.497 e. The van der Waals surface area contributed by atoms with Gasteiger partial charge >= 0.3 is 0 Å². The molecule has 0 saturated carbocycles. The summed E-state index contributed by atoms with van der Waals surface area (Å²) in [6.45, 7) is 2.26. The lowest BCUT2D eigenvalue weighted by molar-refractivity contribution is -0.127. The van der Waals surface area contributed by atoms with Gasteiger partial charge in [-0.15, -0.1) is 0 Å². The number of methoxy groups -OCH3 is 1. The fourth-order valence-electron chi connectivity index (χ4n) is 2.11. The van der Waals surface area contributed by atoms with Crippen molar-refractivity contribution in [2.24, 2.45) is 0 Å². The lowest BCUT2D eigenvalue weighted by Crippen LogP contribution is -2.44. The normalized spacial score (nSPS) is 16.2. The standard InChI is InChI=1S/C14H16N4O4/c1-8-17-13(22-18-8)7-16-14(19)12-6-15-10-5-9(20-2)3-4-11(10)21-12/h3-5,12,15H,6-7H2,1-2H3,(H,16,19). The van der Waals surface area contributed by atoms with Crippen molar-refractivity contribution in [3.05, 3.63) is 29.9 Å². The number of carbonyl (C=O) groups excluding carboxylic acids is 1. The zero-order chi connectivity index (χ0) is 15.5. The van der Waals surface area contributed by atoms with Gasteiger partial charge in [-0.05, 0) is 19.1 Å². The van der Waals surface area contributed by atoms with Crippen LogP contribution >= 0.6 is 0 Å². The van der Waals surface area contributed by atoms with Crippen molar-refractivity contribution >= 4 is 11.6 Å². The SMILES string of the molecule is COc1ccc2c(c1)NCC(C(=O)NCc1nc(C)no1)O2. The average molecular weight is 304 g/mol. The summed E-state index contributed by atoms with van der Waals surface area (Å²) in [6, 6.07) is 5.37. The third-order valence-corrected chi connectivity index (χ3v) is 3.21. The highest BCUT2D eigenvalue weighted by Crippen LogP contribution is 2.32. The number of nitrogens with one attached hydrogen (secondary N) is 2. The van der Waals surface area contributed by atoms with Crippen LogP contribution in [-0.2, 0) is 11.3 Å². The summed E-state index contributed by atoms with van der Waals surface area (Å²) < 4.78 is 15.8. The van der Waals surface area contributed by atoms with E-state index in [0.717, 1.165) is 11.4 Å². The number of rotatable bonds is 4. The number of hydrogen-bond donors (Lipinski definition) is 2. The van der Waals surface area contributed by atoms with E-state index in [-0.39, 0.29) is 12.5 Å². The molecule has 0 aliphatic carbocycles. The number of nitrogens with zero attached hydrogens (tertiary/aromatic N) is 2. The Labute approximate surface area is 126 Å².